The number of amides is 1. The summed E-state index contributed by atoms with van der Waals surface area (Å²) >= 11 is 0. The molecule has 0 aromatic carbocycles. The van der Waals surface area contributed by atoms with Gasteiger partial charge in [0.15, 0.2) is 0 Å². The maximum Gasteiger partial charge on any atom is 0.326 e. The highest BCUT2D eigenvalue weighted by atomic mass is 16.4. The predicted molar refractivity (Wildman–Crippen MR) is 57.2 cm³/mol. The van der Waals surface area contributed by atoms with Crippen LogP contribution in [0.3, 0.4) is 0 Å². The lowest BCUT2D eigenvalue weighted by atomic mass is 10.0. The van der Waals surface area contributed by atoms with E-state index in [0.717, 1.165) is 0 Å². The van der Waals surface area contributed by atoms with Gasteiger partial charge in [0.1, 0.15) is 7.45 Å². The molecule has 15 heavy (non-hydrogen) atoms. The Balaban J connectivity index is 4.56. The quantitative estimate of drug-likeness (QED) is 0.592. The second-order valence-electron chi connectivity index (χ2n) is 4.29. The molecule has 0 aliphatic rings. The van der Waals surface area contributed by atoms with Gasteiger partial charge in [0.25, 0.3) is 0 Å². The molecule has 0 fully saturated rings. The number of nitrogens with one attached hydrogen (secondary N) is 1. The van der Waals surface area contributed by atoms with Gasteiger partial charge in [-0.15, -0.1) is 0 Å². The number of rotatable bonds is 6. The van der Waals surface area contributed by atoms with E-state index in [1.165, 1.54) is 0 Å². The highest BCUT2D eigenvalue weighted by Crippen LogP contribution is 2.04. The van der Waals surface area contributed by atoms with E-state index in [0.29, 0.717) is 0 Å². The van der Waals surface area contributed by atoms with Crippen LogP contribution >= 0.6 is 0 Å². The molecule has 0 saturated heterocycles. The van der Waals surface area contributed by atoms with Crippen LogP contribution in [-0.4, -0.2) is 29.1 Å². The van der Waals surface area contributed by atoms with Gasteiger partial charge in [-0.25, -0.2) is 4.79 Å². The molecule has 0 bridgehead atoms. The van der Waals surface area contributed by atoms with Crippen molar-refractivity contribution in [1.82, 2.24) is 5.32 Å². The van der Waals surface area contributed by atoms with Gasteiger partial charge in [0.05, 0.1) is 6.04 Å². The summed E-state index contributed by atoms with van der Waals surface area (Å²) in [6, 6.07) is -1.61. The topological polar surface area (TPSA) is 92.4 Å². The fourth-order valence-corrected chi connectivity index (χ4v) is 1.06. The molecule has 88 valence electrons. The molecular weight excluding hydrogens is 196 g/mol. The van der Waals surface area contributed by atoms with E-state index in [-0.39, 0.29) is 11.8 Å². The average Bonchev–Trinajstić information content (AvgIpc) is 2.13. The Morgan fingerprint density at radius 1 is 1.27 bits per heavy atom. The lowest BCUT2D eigenvalue weighted by Gasteiger charge is -2.21. The van der Waals surface area contributed by atoms with Gasteiger partial charge < -0.3 is 16.2 Å². The van der Waals surface area contributed by atoms with E-state index in [1.807, 2.05) is 0 Å². The first-order chi connectivity index (χ1) is 7.31. The zero-order chi connectivity index (χ0) is 12.9. The van der Waals surface area contributed by atoms with E-state index in [9.17, 15) is 9.59 Å². The fourth-order valence-electron chi connectivity index (χ4n) is 1.06. The van der Waals surface area contributed by atoms with E-state index in [1.54, 1.807) is 27.7 Å². The number of aliphatic carboxylic acids is 1. The summed E-state index contributed by atoms with van der Waals surface area (Å²) in [5.41, 5.74) is 2.13. The molecule has 0 spiro atoms. The Labute approximate surface area is 91.5 Å². The molecule has 0 aromatic heterocycles. The van der Waals surface area contributed by atoms with E-state index >= 15 is 0 Å². The third kappa shape index (κ3) is 4.29. The zero-order valence-corrected chi connectivity index (χ0v) is 9.57. The van der Waals surface area contributed by atoms with Crippen LogP contribution in [0.5, 0.6) is 0 Å². The van der Waals surface area contributed by atoms with Crippen LogP contribution in [0.2, 0.25) is 1.41 Å². The predicted octanol–water partition coefficient (Wildman–Crippen LogP) is 0.195. The van der Waals surface area contributed by atoms with Crippen LogP contribution in [0, 0.1) is 11.8 Å². The minimum absolute atomic E-state index is 0.0703. The molecule has 4 N–H and O–H groups in total. The van der Waals surface area contributed by atoms with Gasteiger partial charge in [-0.05, 0) is 11.8 Å². The van der Waals surface area contributed by atoms with Crippen LogP contribution in [0.4, 0.5) is 0 Å². The molecule has 0 aromatic rings. The van der Waals surface area contributed by atoms with Crippen molar-refractivity contribution in [3.05, 3.63) is 0 Å². The van der Waals surface area contributed by atoms with Gasteiger partial charge in [0, 0.05) is 0 Å². The standard InChI is InChI=1S/C10H20N2O3/c1-5(2)7(11)9(13)12-8(6(3)4)10(14)15/h5-8H,11H2,1-4H3,(H,12,13)(H,14,15)/t7-,8+/m1/s1/i/hD. The summed E-state index contributed by atoms with van der Waals surface area (Å²) in [5, 5.41) is 11.3. The Morgan fingerprint density at radius 3 is 2.07 bits per heavy atom. The molecule has 1 amide bonds. The number of hydrogen-bond donors (Lipinski definition) is 3. The molecule has 0 saturated carbocycles. The molecule has 5 nitrogen and oxygen atoms in total. The van der Waals surface area contributed by atoms with Crippen molar-refractivity contribution in [3.8, 4) is 0 Å². The number of carboxylic acid groups (broad SMARTS) is 1. The van der Waals surface area contributed by atoms with E-state index in [4.69, 9.17) is 6.52 Å². The van der Waals surface area contributed by atoms with Crippen LogP contribution in [0.25, 0.3) is 0 Å². The summed E-state index contributed by atoms with van der Waals surface area (Å²) in [4.78, 5) is 22.6. The lowest BCUT2D eigenvalue weighted by molar-refractivity contribution is -0.143. The first kappa shape index (κ1) is 12.0. The summed E-state index contributed by atoms with van der Waals surface area (Å²) < 4.78 is 7.02. The van der Waals surface area contributed by atoms with E-state index < -0.39 is 24.0 Å². The molecule has 0 aliphatic heterocycles. The first-order valence-corrected chi connectivity index (χ1v) is 5.01. The van der Waals surface area contributed by atoms with Crippen molar-refractivity contribution in [2.75, 3.05) is 0 Å². The monoisotopic (exact) mass is 217 g/mol. The molecule has 0 aliphatic carbocycles. The van der Waals surface area contributed by atoms with Crippen molar-refractivity contribution in [2.24, 2.45) is 17.6 Å². The first-order valence-electron chi connectivity index (χ1n) is 5.51. The molecule has 5 heteroatoms. The van der Waals surface area contributed by atoms with Crippen molar-refractivity contribution >= 4 is 11.9 Å². The number of carbonyl (C=O) groups is 2. The number of nitrogens with two attached hydrogens (primary N) is 1. The molecule has 0 heterocycles. The van der Waals surface area contributed by atoms with Gasteiger partial charge in [-0.3, -0.25) is 4.79 Å². The van der Waals surface area contributed by atoms with Crippen LogP contribution in [0.15, 0.2) is 0 Å². The van der Waals surface area contributed by atoms with Crippen molar-refractivity contribution in [1.29, 1.82) is 0 Å². The van der Waals surface area contributed by atoms with Crippen molar-refractivity contribution in [2.45, 2.75) is 39.8 Å². The Hall–Kier alpha value is -1.10. The third-order valence-corrected chi connectivity index (χ3v) is 2.18. The molecule has 0 unspecified atom stereocenters. The third-order valence-electron chi connectivity index (χ3n) is 2.18. The number of carbonyl (C=O) groups excluding carboxylic acids is 1. The van der Waals surface area contributed by atoms with Gasteiger partial charge in [-0.1, -0.05) is 27.7 Å². The molecule has 0 rings (SSSR count). The molecule has 2 atom stereocenters. The Bertz CT molecular complexity index is 256. The minimum Gasteiger partial charge on any atom is -0.480 e. The fraction of sp³-hybridized carbons (Fsp3) is 0.800. The van der Waals surface area contributed by atoms with Crippen molar-refractivity contribution in [3.63, 3.8) is 0 Å². The maximum atomic E-state index is 11.7. The van der Waals surface area contributed by atoms with Gasteiger partial charge in [0.2, 0.25) is 5.91 Å². The molecule has 0 radical (unpaired) electrons. The normalized spacial score (nSPS) is 16.0. The SMILES string of the molecule is [2H]N[C@@H](C(=O)N[C@H](C(=O)O)C(C)C)C(C)C. The second-order valence-corrected chi connectivity index (χ2v) is 4.29. The van der Waals surface area contributed by atoms with Crippen LogP contribution < -0.4 is 11.0 Å². The van der Waals surface area contributed by atoms with Crippen LogP contribution in [-0.2, 0) is 9.59 Å². The Kier molecular flexibility index (Phi) is 4.55. The lowest BCUT2D eigenvalue weighted by Crippen LogP contribution is -2.52. The largest absolute Gasteiger partial charge is 0.480 e. The molecular formula is C10H20N2O3. The zero-order valence-electron chi connectivity index (χ0n) is 10.6. The second kappa shape index (κ2) is 5.70. The summed E-state index contributed by atoms with van der Waals surface area (Å²) in [7, 11) is 0. The number of carboxylic acids is 1. The maximum absolute atomic E-state index is 11.7. The Morgan fingerprint density at radius 2 is 1.80 bits per heavy atom. The van der Waals surface area contributed by atoms with Gasteiger partial charge in [-0.2, -0.15) is 0 Å². The van der Waals surface area contributed by atoms with Crippen molar-refractivity contribution < 1.29 is 16.1 Å². The summed E-state index contributed by atoms with van der Waals surface area (Å²) in [6.45, 7) is 7.02. The van der Waals surface area contributed by atoms with Gasteiger partial charge >= 0.3 is 5.97 Å². The highest BCUT2D eigenvalue weighted by molar-refractivity contribution is 5.87. The average molecular weight is 217 g/mol. The smallest absolute Gasteiger partial charge is 0.326 e. The van der Waals surface area contributed by atoms with E-state index in [2.05, 4.69) is 11.0 Å². The highest BCUT2D eigenvalue weighted by Gasteiger charge is 2.26. The summed E-state index contributed by atoms with van der Waals surface area (Å²) in [6.07, 6.45) is 0. The van der Waals surface area contributed by atoms with Crippen LogP contribution in [0.1, 0.15) is 27.7 Å². The summed E-state index contributed by atoms with van der Waals surface area (Å²) in [5.74, 6) is -1.78. The minimum atomic E-state index is -1.06. The number of hydrogen-bond acceptors (Lipinski definition) is 3.